The number of aryl methyl sites for hydroxylation is 2. The summed E-state index contributed by atoms with van der Waals surface area (Å²) < 4.78 is 4.67. The summed E-state index contributed by atoms with van der Waals surface area (Å²) in [4.78, 5) is 23.7. The molecule has 0 aliphatic rings. The van der Waals surface area contributed by atoms with Gasteiger partial charge in [0.1, 0.15) is 5.00 Å². The van der Waals surface area contributed by atoms with Gasteiger partial charge in [-0.3, -0.25) is 4.79 Å². The molecule has 0 radical (unpaired) electrons. The van der Waals surface area contributed by atoms with Gasteiger partial charge in [-0.15, -0.1) is 11.3 Å². The molecule has 0 atom stereocenters. The van der Waals surface area contributed by atoms with Crippen LogP contribution in [0.5, 0.6) is 0 Å². The van der Waals surface area contributed by atoms with Crippen LogP contribution in [0.3, 0.4) is 0 Å². The van der Waals surface area contributed by atoms with Crippen molar-refractivity contribution < 1.29 is 14.3 Å². The van der Waals surface area contributed by atoms with E-state index in [1.807, 2.05) is 26.0 Å². The fourth-order valence-corrected chi connectivity index (χ4v) is 2.50. The second-order valence-corrected chi connectivity index (χ2v) is 5.32. The van der Waals surface area contributed by atoms with E-state index in [9.17, 15) is 9.59 Å². The maximum absolute atomic E-state index is 12.2. The molecule has 104 valence electrons. The van der Waals surface area contributed by atoms with Crippen LogP contribution in [0.2, 0.25) is 0 Å². The van der Waals surface area contributed by atoms with Gasteiger partial charge < -0.3 is 10.1 Å². The number of methoxy groups -OCH3 is 1. The van der Waals surface area contributed by atoms with Gasteiger partial charge in [0, 0.05) is 5.56 Å². The normalized spacial score (nSPS) is 10.2. The lowest BCUT2D eigenvalue weighted by molar-refractivity contribution is 0.0602. The fraction of sp³-hybridized carbons (Fsp3) is 0.200. The van der Waals surface area contributed by atoms with E-state index >= 15 is 0 Å². The van der Waals surface area contributed by atoms with Crippen molar-refractivity contribution in [1.82, 2.24) is 0 Å². The molecule has 0 saturated carbocycles. The zero-order chi connectivity index (χ0) is 14.7. The molecule has 1 aromatic carbocycles. The third-order valence-corrected chi connectivity index (χ3v) is 3.90. The summed E-state index contributed by atoms with van der Waals surface area (Å²) in [6.45, 7) is 3.95. The van der Waals surface area contributed by atoms with Crippen molar-refractivity contribution in [3.8, 4) is 0 Å². The first-order valence-corrected chi connectivity index (χ1v) is 6.95. The van der Waals surface area contributed by atoms with Crippen molar-refractivity contribution in [3.63, 3.8) is 0 Å². The molecule has 2 rings (SSSR count). The molecule has 1 amide bonds. The molecule has 0 saturated heterocycles. The number of amides is 1. The molecule has 4 nitrogen and oxygen atoms in total. The number of esters is 1. The standard InChI is InChI=1S/C15H15NO3S/c1-9-4-5-11(8-10(9)2)13(17)16-14-12(6-7-20-14)15(18)19-3/h4-8H,1-3H3,(H,16,17). The van der Waals surface area contributed by atoms with Crippen LogP contribution in [-0.4, -0.2) is 19.0 Å². The third kappa shape index (κ3) is 2.88. The highest BCUT2D eigenvalue weighted by Crippen LogP contribution is 2.24. The largest absolute Gasteiger partial charge is 0.465 e. The summed E-state index contributed by atoms with van der Waals surface area (Å²) >= 11 is 1.29. The van der Waals surface area contributed by atoms with Gasteiger partial charge in [0.15, 0.2) is 0 Å². The highest BCUT2D eigenvalue weighted by atomic mass is 32.1. The number of thiophene rings is 1. The van der Waals surface area contributed by atoms with Gasteiger partial charge >= 0.3 is 5.97 Å². The van der Waals surface area contributed by atoms with Gasteiger partial charge in [-0.05, 0) is 48.6 Å². The molecule has 0 spiro atoms. The number of nitrogens with one attached hydrogen (secondary N) is 1. The summed E-state index contributed by atoms with van der Waals surface area (Å²) in [7, 11) is 1.31. The van der Waals surface area contributed by atoms with E-state index in [4.69, 9.17) is 0 Å². The molecule has 1 heterocycles. The lowest BCUT2D eigenvalue weighted by Gasteiger charge is -2.07. The van der Waals surface area contributed by atoms with E-state index in [0.717, 1.165) is 11.1 Å². The Morgan fingerprint density at radius 3 is 2.55 bits per heavy atom. The number of hydrogen-bond donors (Lipinski definition) is 1. The minimum atomic E-state index is -0.457. The Morgan fingerprint density at radius 1 is 1.15 bits per heavy atom. The quantitative estimate of drug-likeness (QED) is 0.881. The predicted molar refractivity (Wildman–Crippen MR) is 79.5 cm³/mol. The van der Waals surface area contributed by atoms with Crippen molar-refractivity contribution in [2.24, 2.45) is 0 Å². The first kappa shape index (κ1) is 14.3. The average molecular weight is 289 g/mol. The molecule has 0 aliphatic carbocycles. The maximum atomic E-state index is 12.2. The second kappa shape index (κ2) is 5.88. The molecule has 1 N–H and O–H groups in total. The lowest BCUT2D eigenvalue weighted by Crippen LogP contribution is -2.14. The highest BCUT2D eigenvalue weighted by molar-refractivity contribution is 7.14. The maximum Gasteiger partial charge on any atom is 0.340 e. The Morgan fingerprint density at radius 2 is 1.90 bits per heavy atom. The third-order valence-electron chi connectivity index (χ3n) is 3.07. The van der Waals surface area contributed by atoms with Gasteiger partial charge in [0.2, 0.25) is 0 Å². The Balaban J connectivity index is 2.22. The smallest absolute Gasteiger partial charge is 0.340 e. The van der Waals surface area contributed by atoms with E-state index in [-0.39, 0.29) is 5.91 Å². The van der Waals surface area contributed by atoms with Crippen LogP contribution < -0.4 is 5.32 Å². The summed E-state index contributed by atoms with van der Waals surface area (Å²) in [5, 5.41) is 4.99. The molecular formula is C15H15NO3S. The Labute approximate surface area is 121 Å². The molecule has 20 heavy (non-hydrogen) atoms. The van der Waals surface area contributed by atoms with Gasteiger partial charge in [-0.2, -0.15) is 0 Å². The van der Waals surface area contributed by atoms with Crippen molar-refractivity contribution in [3.05, 3.63) is 51.9 Å². The van der Waals surface area contributed by atoms with Crippen molar-refractivity contribution >= 4 is 28.2 Å². The number of rotatable bonds is 3. The molecule has 5 heteroatoms. The molecular weight excluding hydrogens is 274 g/mol. The number of carbonyl (C=O) groups is 2. The van der Waals surface area contributed by atoms with Crippen molar-refractivity contribution in [2.45, 2.75) is 13.8 Å². The molecule has 0 unspecified atom stereocenters. The van der Waals surface area contributed by atoms with E-state index in [0.29, 0.717) is 16.1 Å². The van der Waals surface area contributed by atoms with E-state index < -0.39 is 5.97 Å². The minimum Gasteiger partial charge on any atom is -0.465 e. The Bertz CT molecular complexity index is 661. The monoisotopic (exact) mass is 289 g/mol. The number of benzene rings is 1. The van der Waals surface area contributed by atoms with E-state index in [1.54, 1.807) is 17.5 Å². The summed E-state index contributed by atoms with van der Waals surface area (Å²) in [6.07, 6.45) is 0. The minimum absolute atomic E-state index is 0.235. The number of hydrogen-bond acceptors (Lipinski definition) is 4. The zero-order valence-corrected chi connectivity index (χ0v) is 12.3. The van der Waals surface area contributed by atoms with Crippen LogP contribution >= 0.6 is 11.3 Å². The van der Waals surface area contributed by atoms with Crippen LogP contribution in [0, 0.1) is 13.8 Å². The zero-order valence-electron chi connectivity index (χ0n) is 11.5. The van der Waals surface area contributed by atoms with Crippen molar-refractivity contribution in [2.75, 3.05) is 12.4 Å². The highest BCUT2D eigenvalue weighted by Gasteiger charge is 2.16. The first-order valence-electron chi connectivity index (χ1n) is 6.07. The van der Waals surface area contributed by atoms with Crippen LogP contribution in [0.15, 0.2) is 29.6 Å². The molecule has 2 aromatic rings. The van der Waals surface area contributed by atoms with Crippen LogP contribution in [-0.2, 0) is 4.74 Å². The molecule has 0 aliphatic heterocycles. The van der Waals surface area contributed by atoms with E-state index in [2.05, 4.69) is 10.1 Å². The SMILES string of the molecule is COC(=O)c1ccsc1NC(=O)c1ccc(C)c(C)c1. The fourth-order valence-electron chi connectivity index (χ4n) is 1.73. The topological polar surface area (TPSA) is 55.4 Å². The van der Waals surface area contributed by atoms with Gasteiger partial charge in [-0.1, -0.05) is 6.07 Å². The van der Waals surface area contributed by atoms with Gasteiger partial charge in [0.05, 0.1) is 12.7 Å². The number of ether oxygens (including phenoxy) is 1. The van der Waals surface area contributed by atoms with Crippen molar-refractivity contribution in [1.29, 1.82) is 0 Å². The summed E-state index contributed by atoms with van der Waals surface area (Å²) in [6, 6.07) is 7.13. The first-order chi connectivity index (χ1) is 9.52. The number of carbonyl (C=O) groups excluding carboxylic acids is 2. The molecule has 1 aromatic heterocycles. The number of anilines is 1. The Kier molecular flexibility index (Phi) is 4.20. The predicted octanol–water partition coefficient (Wildman–Crippen LogP) is 3.40. The van der Waals surface area contributed by atoms with Gasteiger partial charge in [0.25, 0.3) is 5.91 Å². The average Bonchev–Trinajstić information content (AvgIpc) is 2.89. The van der Waals surface area contributed by atoms with Gasteiger partial charge in [-0.25, -0.2) is 4.79 Å². The second-order valence-electron chi connectivity index (χ2n) is 4.41. The van der Waals surface area contributed by atoms with E-state index in [1.165, 1.54) is 18.4 Å². The molecule has 0 bridgehead atoms. The van der Waals surface area contributed by atoms with Crippen LogP contribution in [0.4, 0.5) is 5.00 Å². The van der Waals surface area contributed by atoms with Crippen LogP contribution in [0.1, 0.15) is 31.8 Å². The van der Waals surface area contributed by atoms with Crippen LogP contribution in [0.25, 0.3) is 0 Å². The lowest BCUT2D eigenvalue weighted by atomic mass is 10.1. The summed E-state index contributed by atoms with van der Waals surface area (Å²) in [5.74, 6) is -0.692. The summed E-state index contributed by atoms with van der Waals surface area (Å²) in [5.41, 5.74) is 3.12. The Hall–Kier alpha value is -2.14. The molecule has 0 fully saturated rings.